The van der Waals surface area contributed by atoms with Gasteiger partial charge in [0.05, 0.1) is 26.4 Å². The van der Waals surface area contributed by atoms with Gasteiger partial charge >= 0.3 is 0 Å². The predicted molar refractivity (Wildman–Crippen MR) is 111 cm³/mol. The summed E-state index contributed by atoms with van der Waals surface area (Å²) in [5, 5.41) is 15.2. The number of aliphatic hydroxyl groups is 2. The van der Waals surface area contributed by atoms with E-state index < -0.39 is 0 Å². The van der Waals surface area contributed by atoms with Gasteiger partial charge in [0.25, 0.3) is 0 Å². The van der Waals surface area contributed by atoms with Crippen LogP contribution in [0.3, 0.4) is 0 Å². The molecule has 0 aliphatic carbocycles. The maximum Gasteiger partial charge on any atom is 0.184 e. The molecule has 29 heavy (non-hydrogen) atoms. The highest BCUT2D eigenvalue weighted by Crippen LogP contribution is 2.22. The second kappa shape index (κ2) is 19.2. The van der Waals surface area contributed by atoms with Crippen LogP contribution in [0.5, 0.6) is 0 Å². The van der Waals surface area contributed by atoms with E-state index in [1.807, 2.05) is 48.5 Å². The van der Waals surface area contributed by atoms with Gasteiger partial charge in [-0.05, 0) is 12.8 Å². The van der Waals surface area contributed by atoms with Crippen LogP contribution in [0.1, 0.15) is 35.1 Å². The molecule has 2 saturated heterocycles. The van der Waals surface area contributed by atoms with Gasteiger partial charge in [-0.1, -0.05) is 60.7 Å². The molecule has 7 nitrogen and oxygen atoms in total. The molecule has 4 N–H and O–H groups in total. The molecular weight excluding hydrogens is 376 g/mol. The maximum absolute atomic E-state index is 10.0. The first-order valence-electron chi connectivity index (χ1n) is 9.39. The number of benzene rings is 2. The average Bonchev–Trinajstić information content (AvgIpc) is 3.52. The van der Waals surface area contributed by atoms with Gasteiger partial charge in [-0.25, -0.2) is 0 Å². The van der Waals surface area contributed by atoms with E-state index in [9.17, 15) is 4.79 Å². The molecule has 2 aliphatic rings. The average molecular weight is 408 g/mol. The molecule has 0 spiro atoms. The van der Waals surface area contributed by atoms with Crippen molar-refractivity contribution < 1.29 is 34.7 Å². The summed E-state index contributed by atoms with van der Waals surface area (Å²) in [6.07, 6.45) is 3.26. The smallest absolute Gasteiger partial charge is 0.184 e. The van der Waals surface area contributed by atoms with E-state index in [4.69, 9.17) is 24.4 Å². The second-order valence-electron chi connectivity index (χ2n) is 5.78. The summed E-state index contributed by atoms with van der Waals surface area (Å²) in [5.41, 5.74) is 1.83. The van der Waals surface area contributed by atoms with Crippen LogP contribution in [0.25, 0.3) is 0 Å². The fourth-order valence-electron chi connectivity index (χ4n) is 2.20. The Labute approximate surface area is 172 Å². The molecule has 0 unspecified atom stereocenters. The Morgan fingerprint density at radius 3 is 1.62 bits per heavy atom. The normalized spacial score (nSPS) is 14.7. The Hall–Kier alpha value is -2.13. The van der Waals surface area contributed by atoms with E-state index in [0.717, 1.165) is 30.6 Å². The molecule has 2 aromatic carbocycles. The molecule has 0 atom stereocenters. The Morgan fingerprint density at radius 2 is 1.28 bits per heavy atom. The van der Waals surface area contributed by atoms with Crippen LogP contribution in [0.15, 0.2) is 60.7 Å². The summed E-state index contributed by atoms with van der Waals surface area (Å²) in [5.74, 6) is 0. The van der Waals surface area contributed by atoms with Gasteiger partial charge in [0, 0.05) is 24.3 Å². The lowest BCUT2D eigenvalue weighted by atomic mass is 10.2. The van der Waals surface area contributed by atoms with Crippen molar-refractivity contribution in [3.8, 4) is 0 Å². The third-order valence-electron chi connectivity index (χ3n) is 3.56. The van der Waals surface area contributed by atoms with Crippen LogP contribution in [-0.2, 0) is 14.2 Å². The van der Waals surface area contributed by atoms with Crippen LogP contribution >= 0.6 is 0 Å². The van der Waals surface area contributed by atoms with Gasteiger partial charge in [-0.2, -0.15) is 0 Å². The SMILES string of the molecule is C1CCOC1.O.O=Cc1ccccc1.OCCO.c1ccc(C2OCCO2)cc1. The molecular formula is C22H32O7. The number of rotatable bonds is 3. The highest BCUT2D eigenvalue weighted by molar-refractivity contribution is 5.74. The van der Waals surface area contributed by atoms with E-state index in [1.54, 1.807) is 12.1 Å². The highest BCUT2D eigenvalue weighted by atomic mass is 16.7. The fraction of sp³-hybridized carbons (Fsp3) is 0.409. The molecule has 0 bridgehead atoms. The fourth-order valence-corrected chi connectivity index (χ4v) is 2.20. The van der Waals surface area contributed by atoms with Crippen LogP contribution in [0, 0.1) is 0 Å². The number of hydrogen-bond donors (Lipinski definition) is 2. The van der Waals surface area contributed by atoms with Crippen LogP contribution in [-0.4, -0.2) is 61.6 Å². The first-order valence-corrected chi connectivity index (χ1v) is 9.39. The number of ether oxygens (including phenoxy) is 3. The van der Waals surface area contributed by atoms with Gasteiger partial charge in [0.15, 0.2) is 6.29 Å². The highest BCUT2D eigenvalue weighted by Gasteiger charge is 2.16. The van der Waals surface area contributed by atoms with Crippen LogP contribution in [0.4, 0.5) is 0 Å². The minimum atomic E-state index is -0.129. The second-order valence-corrected chi connectivity index (χ2v) is 5.78. The largest absolute Gasteiger partial charge is 0.412 e. The lowest BCUT2D eigenvalue weighted by Crippen LogP contribution is -1.96. The van der Waals surface area contributed by atoms with E-state index in [0.29, 0.717) is 13.2 Å². The van der Waals surface area contributed by atoms with Gasteiger partial charge in [0.1, 0.15) is 6.29 Å². The lowest BCUT2D eigenvalue weighted by Gasteiger charge is -2.07. The summed E-state index contributed by atoms with van der Waals surface area (Å²) in [4.78, 5) is 10.0. The monoisotopic (exact) mass is 408 g/mol. The van der Waals surface area contributed by atoms with Crippen molar-refractivity contribution in [1.82, 2.24) is 0 Å². The molecule has 2 heterocycles. The standard InChI is InChI=1S/C9H10O2.C7H6O.C4H8O.C2H6O2.H2O/c1-2-4-8(5-3-1)9-10-6-7-11-9;8-6-7-4-2-1-3-5-7;1-2-4-5-3-1;3-1-2-4;/h1-5,9H,6-7H2;1-6H;1-4H2;3-4H,1-2H2;1H2. The Bertz CT molecular complexity index is 573. The summed E-state index contributed by atoms with van der Waals surface area (Å²) < 4.78 is 15.6. The first kappa shape index (κ1) is 26.9. The third kappa shape index (κ3) is 13.6. The zero-order valence-corrected chi connectivity index (χ0v) is 16.6. The minimum Gasteiger partial charge on any atom is -0.412 e. The van der Waals surface area contributed by atoms with Crippen molar-refractivity contribution in [3.63, 3.8) is 0 Å². The molecule has 162 valence electrons. The first-order chi connectivity index (χ1) is 13.8. The molecule has 0 amide bonds. The summed E-state index contributed by atoms with van der Waals surface area (Å²) in [6.45, 7) is 3.17. The molecule has 0 radical (unpaired) electrons. The molecule has 4 rings (SSSR count). The van der Waals surface area contributed by atoms with E-state index in [-0.39, 0.29) is 25.0 Å². The van der Waals surface area contributed by atoms with Crippen molar-refractivity contribution in [2.24, 2.45) is 0 Å². The zero-order chi connectivity index (χ0) is 20.3. The Morgan fingerprint density at radius 1 is 0.793 bits per heavy atom. The predicted octanol–water partition coefficient (Wildman–Crippen LogP) is 2.17. The zero-order valence-electron chi connectivity index (χ0n) is 16.6. The van der Waals surface area contributed by atoms with E-state index >= 15 is 0 Å². The molecule has 2 fully saturated rings. The van der Waals surface area contributed by atoms with Crippen molar-refractivity contribution in [2.45, 2.75) is 19.1 Å². The topological polar surface area (TPSA) is 117 Å². The molecule has 2 aromatic rings. The summed E-state index contributed by atoms with van der Waals surface area (Å²) >= 11 is 0. The van der Waals surface area contributed by atoms with Crippen LogP contribution < -0.4 is 0 Å². The van der Waals surface area contributed by atoms with Crippen LogP contribution in [0.2, 0.25) is 0 Å². The van der Waals surface area contributed by atoms with Gasteiger partial charge in [0.2, 0.25) is 0 Å². The van der Waals surface area contributed by atoms with E-state index in [2.05, 4.69) is 0 Å². The number of aliphatic hydroxyl groups excluding tert-OH is 2. The number of carbonyl (C=O) groups is 1. The van der Waals surface area contributed by atoms with Gasteiger partial charge in [-0.15, -0.1) is 0 Å². The van der Waals surface area contributed by atoms with Crippen molar-refractivity contribution in [2.75, 3.05) is 39.6 Å². The summed E-state index contributed by atoms with van der Waals surface area (Å²) in [6, 6.07) is 19.1. The van der Waals surface area contributed by atoms with Gasteiger partial charge < -0.3 is 29.9 Å². The minimum absolute atomic E-state index is 0. The maximum atomic E-state index is 10.0. The summed E-state index contributed by atoms with van der Waals surface area (Å²) in [7, 11) is 0. The van der Waals surface area contributed by atoms with E-state index in [1.165, 1.54) is 12.8 Å². The number of aldehydes is 1. The quantitative estimate of drug-likeness (QED) is 0.752. The third-order valence-corrected chi connectivity index (χ3v) is 3.56. The Kier molecular flexibility index (Phi) is 17.8. The van der Waals surface area contributed by atoms with Crippen molar-refractivity contribution >= 4 is 6.29 Å². The van der Waals surface area contributed by atoms with Crippen molar-refractivity contribution in [1.29, 1.82) is 0 Å². The lowest BCUT2D eigenvalue weighted by molar-refractivity contribution is -0.0441. The number of hydrogen-bond acceptors (Lipinski definition) is 6. The Balaban J connectivity index is 0.000000385. The van der Waals surface area contributed by atoms with Gasteiger partial charge in [-0.3, -0.25) is 4.79 Å². The van der Waals surface area contributed by atoms with Crippen molar-refractivity contribution in [3.05, 3.63) is 71.8 Å². The number of carbonyl (C=O) groups excluding carboxylic acids is 1. The molecule has 0 saturated carbocycles. The molecule has 7 heteroatoms. The molecule has 2 aliphatic heterocycles. The molecule has 0 aromatic heterocycles.